The Morgan fingerprint density at radius 2 is 2.54 bits per heavy atom. The standard InChI is InChI=1S/C8H8ClNO2Se/c1-2-12-8(11)6-4-3-5-10-7(6)13-9/h3-5H,2H2,1H3. The number of nitrogens with zero attached hydrogens (tertiary/aromatic N) is 1. The Hall–Kier alpha value is -0.571. The van der Waals surface area contributed by atoms with Gasteiger partial charge in [0.05, 0.1) is 0 Å². The summed E-state index contributed by atoms with van der Waals surface area (Å²) >= 11 is -0.302. The van der Waals surface area contributed by atoms with E-state index in [1.807, 2.05) is 0 Å². The summed E-state index contributed by atoms with van der Waals surface area (Å²) < 4.78 is 5.46. The van der Waals surface area contributed by atoms with E-state index in [1.165, 1.54) is 0 Å². The molecule has 1 aromatic rings. The van der Waals surface area contributed by atoms with Crippen LogP contribution in [0.4, 0.5) is 0 Å². The summed E-state index contributed by atoms with van der Waals surface area (Å²) in [5.74, 6) is -0.354. The van der Waals surface area contributed by atoms with E-state index < -0.39 is 0 Å². The first-order valence-electron chi connectivity index (χ1n) is 3.70. The van der Waals surface area contributed by atoms with Gasteiger partial charge in [0, 0.05) is 0 Å². The molecule has 0 saturated heterocycles. The van der Waals surface area contributed by atoms with Gasteiger partial charge in [-0.2, -0.15) is 0 Å². The van der Waals surface area contributed by atoms with Crippen molar-refractivity contribution in [2.45, 2.75) is 6.92 Å². The fourth-order valence-corrected chi connectivity index (χ4v) is 2.16. The number of pyridine rings is 1. The first-order chi connectivity index (χ1) is 6.29. The fraction of sp³-hybridized carbons (Fsp3) is 0.250. The van der Waals surface area contributed by atoms with Crippen molar-refractivity contribution in [3.8, 4) is 0 Å². The van der Waals surface area contributed by atoms with Crippen LogP contribution < -0.4 is 4.59 Å². The third kappa shape index (κ3) is 2.69. The Morgan fingerprint density at radius 3 is 3.15 bits per heavy atom. The van der Waals surface area contributed by atoms with Gasteiger partial charge in [-0.15, -0.1) is 0 Å². The normalized spacial score (nSPS) is 9.69. The minimum atomic E-state index is -0.354. The van der Waals surface area contributed by atoms with Crippen LogP contribution in [0.2, 0.25) is 0 Å². The topological polar surface area (TPSA) is 39.2 Å². The number of carbonyl (C=O) groups is 1. The summed E-state index contributed by atoms with van der Waals surface area (Å²) in [6.07, 6.45) is 1.61. The van der Waals surface area contributed by atoms with Gasteiger partial charge in [0.25, 0.3) is 0 Å². The first-order valence-corrected chi connectivity index (χ1v) is 6.81. The van der Waals surface area contributed by atoms with Crippen LogP contribution in [0.3, 0.4) is 0 Å². The molecule has 70 valence electrons. The molecule has 0 aliphatic heterocycles. The Bertz CT molecular complexity index is 306. The minimum absolute atomic E-state index is 0.302. The van der Waals surface area contributed by atoms with E-state index in [1.54, 1.807) is 25.3 Å². The molecular formula is C8H8ClNO2Se. The van der Waals surface area contributed by atoms with Gasteiger partial charge in [-0.05, 0) is 0 Å². The molecule has 3 nitrogen and oxygen atoms in total. The van der Waals surface area contributed by atoms with Crippen LogP contribution in [0.25, 0.3) is 0 Å². The third-order valence-corrected chi connectivity index (χ3v) is 3.09. The molecule has 0 atom stereocenters. The van der Waals surface area contributed by atoms with E-state index in [2.05, 4.69) is 4.98 Å². The predicted molar refractivity (Wildman–Crippen MR) is 51.4 cm³/mol. The fourth-order valence-electron chi connectivity index (χ4n) is 0.816. The van der Waals surface area contributed by atoms with Crippen LogP contribution in [-0.2, 0) is 4.74 Å². The van der Waals surface area contributed by atoms with E-state index in [9.17, 15) is 4.79 Å². The number of rotatable bonds is 3. The Kier molecular flexibility index (Phi) is 4.22. The number of hydrogen-bond acceptors (Lipinski definition) is 3. The summed E-state index contributed by atoms with van der Waals surface area (Å²) in [6.45, 7) is 2.13. The molecule has 0 aliphatic rings. The number of ether oxygens (including phenoxy) is 1. The van der Waals surface area contributed by atoms with Gasteiger partial charge in [0.2, 0.25) is 0 Å². The molecule has 0 aliphatic carbocycles. The molecule has 0 fully saturated rings. The van der Waals surface area contributed by atoms with E-state index >= 15 is 0 Å². The monoisotopic (exact) mass is 265 g/mol. The summed E-state index contributed by atoms with van der Waals surface area (Å²) in [5, 5.41) is 0. The molecule has 0 radical (unpaired) electrons. The summed E-state index contributed by atoms with van der Waals surface area (Å²) in [4.78, 5) is 15.3. The average Bonchev–Trinajstić information content (AvgIpc) is 2.18. The van der Waals surface area contributed by atoms with Crippen LogP contribution in [0, 0.1) is 0 Å². The van der Waals surface area contributed by atoms with E-state index in [4.69, 9.17) is 14.8 Å². The molecule has 0 amide bonds. The molecular weight excluding hydrogens is 257 g/mol. The number of carbonyl (C=O) groups excluding carboxylic acids is 1. The van der Waals surface area contributed by atoms with Crippen molar-refractivity contribution < 1.29 is 9.53 Å². The second-order valence-electron chi connectivity index (χ2n) is 2.15. The van der Waals surface area contributed by atoms with Crippen LogP contribution in [0.5, 0.6) is 0 Å². The molecule has 1 heterocycles. The molecule has 13 heavy (non-hydrogen) atoms. The SMILES string of the molecule is CCOC(=O)c1cccnc1[Se]Cl. The van der Waals surface area contributed by atoms with Crippen molar-refractivity contribution in [1.29, 1.82) is 0 Å². The molecule has 0 aromatic carbocycles. The molecule has 0 N–H and O–H groups in total. The predicted octanol–water partition coefficient (Wildman–Crippen LogP) is 0.742. The zero-order valence-corrected chi connectivity index (χ0v) is 9.46. The molecule has 5 heteroatoms. The molecule has 1 rings (SSSR count). The van der Waals surface area contributed by atoms with Gasteiger partial charge in [-0.1, -0.05) is 0 Å². The van der Waals surface area contributed by atoms with Gasteiger partial charge >= 0.3 is 86.6 Å². The average molecular weight is 265 g/mol. The van der Waals surface area contributed by atoms with Crippen molar-refractivity contribution in [1.82, 2.24) is 4.98 Å². The molecule has 0 bridgehead atoms. The van der Waals surface area contributed by atoms with Crippen molar-refractivity contribution in [2.24, 2.45) is 0 Å². The maximum atomic E-state index is 11.3. The second kappa shape index (κ2) is 5.22. The van der Waals surface area contributed by atoms with Crippen LogP contribution in [0.15, 0.2) is 18.3 Å². The second-order valence-corrected chi connectivity index (χ2v) is 4.09. The van der Waals surface area contributed by atoms with Crippen molar-refractivity contribution in [2.75, 3.05) is 6.61 Å². The number of hydrogen-bond donors (Lipinski definition) is 0. The van der Waals surface area contributed by atoms with E-state index in [0.717, 1.165) is 0 Å². The maximum absolute atomic E-state index is 11.3. The summed E-state index contributed by atoms with van der Waals surface area (Å²) in [7, 11) is 5.67. The van der Waals surface area contributed by atoms with Gasteiger partial charge < -0.3 is 0 Å². The number of aromatic nitrogens is 1. The molecule has 0 spiro atoms. The van der Waals surface area contributed by atoms with E-state index in [-0.39, 0.29) is 20.0 Å². The molecule has 0 unspecified atom stereocenters. The van der Waals surface area contributed by atoms with Gasteiger partial charge in [0.1, 0.15) is 0 Å². The third-order valence-electron chi connectivity index (χ3n) is 1.34. The van der Waals surface area contributed by atoms with Gasteiger partial charge in [-0.3, -0.25) is 0 Å². The first kappa shape index (κ1) is 10.5. The molecule has 0 saturated carbocycles. The van der Waals surface area contributed by atoms with E-state index in [0.29, 0.717) is 16.8 Å². The Labute approximate surface area is 86.8 Å². The van der Waals surface area contributed by atoms with Crippen LogP contribution >= 0.6 is 10.1 Å². The zero-order valence-electron chi connectivity index (χ0n) is 6.99. The van der Waals surface area contributed by atoms with Crippen molar-refractivity contribution >= 4 is 34.7 Å². The Morgan fingerprint density at radius 1 is 1.77 bits per heavy atom. The summed E-state index contributed by atoms with van der Waals surface area (Å²) in [5.41, 5.74) is 0.472. The van der Waals surface area contributed by atoms with Crippen molar-refractivity contribution in [3.05, 3.63) is 23.9 Å². The number of halogens is 1. The quantitative estimate of drug-likeness (QED) is 0.597. The van der Waals surface area contributed by atoms with Gasteiger partial charge in [0.15, 0.2) is 0 Å². The zero-order chi connectivity index (χ0) is 9.68. The van der Waals surface area contributed by atoms with Crippen LogP contribution in [-0.4, -0.2) is 31.6 Å². The summed E-state index contributed by atoms with van der Waals surface area (Å²) in [6, 6.07) is 3.36. The van der Waals surface area contributed by atoms with Gasteiger partial charge in [-0.25, -0.2) is 0 Å². The number of esters is 1. The molecule has 1 aromatic heterocycles. The van der Waals surface area contributed by atoms with Crippen LogP contribution in [0.1, 0.15) is 17.3 Å². The van der Waals surface area contributed by atoms with Crippen molar-refractivity contribution in [3.63, 3.8) is 0 Å². The Balaban J connectivity index is 2.92.